The number of hydrogen-bond acceptors (Lipinski definition) is 3. The van der Waals surface area contributed by atoms with E-state index in [1.807, 2.05) is 31.2 Å². The Bertz CT molecular complexity index is 368. The fourth-order valence-electron chi connectivity index (χ4n) is 1.58. The molecule has 0 heterocycles. The zero-order valence-corrected chi connectivity index (χ0v) is 11.6. The van der Waals surface area contributed by atoms with E-state index >= 15 is 0 Å². The summed E-state index contributed by atoms with van der Waals surface area (Å²) in [6.07, 6.45) is 0.400. The van der Waals surface area contributed by atoms with Crippen molar-refractivity contribution in [2.24, 2.45) is 5.92 Å². The van der Waals surface area contributed by atoms with E-state index in [9.17, 15) is 4.79 Å². The van der Waals surface area contributed by atoms with Gasteiger partial charge in [0.25, 0.3) is 0 Å². The molecule has 3 nitrogen and oxygen atoms in total. The topological polar surface area (TPSA) is 35.5 Å². The first-order valence-corrected chi connectivity index (χ1v) is 6.30. The van der Waals surface area contributed by atoms with E-state index in [1.54, 1.807) is 0 Å². The standard InChI is InChI=1S/C15H22O3/c1-11(2)10-18-12(3)14-7-5-13(6-8-14)9-15(16)17-4/h5-8,11-12H,9-10H2,1-4H3/t12-/m0/s1. The molecule has 1 aromatic rings. The molecule has 3 heteroatoms. The monoisotopic (exact) mass is 250 g/mol. The van der Waals surface area contributed by atoms with E-state index in [2.05, 4.69) is 18.6 Å². The Morgan fingerprint density at radius 2 is 1.78 bits per heavy atom. The van der Waals surface area contributed by atoms with Crippen LogP contribution in [0.3, 0.4) is 0 Å². The number of hydrogen-bond donors (Lipinski definition) is 0. The molecule has 0 N–H and O–H groups in total. The first kappa shape index (κ1) is 14.7. The van der Waals surface area contributed by atoms with Crippen molar-refractivity contribution in [2.75, 3.05) is 13.7 Å². The maximum Gasteiger partial charge on any atom is 0.309 e. The van der Waals surface area contributed by atoms with E-state index in [4.69, 9.17) is 4.74 Å². The molecule has 1 atom stereocenters. The average Bonchev–Trinajstić information content (AvgIpc) is 2.36. The maximum atomic E-state index is 11.1. The van der Waals surface area contributed by atoms with Gasteiger partial charge >= 0.3 is 5.97 Å². The highest BCUT2D eigenvalue weighted by Gasteiger charge is 2.08. The second-order valence-corrected chi connectivity index (χ2v) is 4.86. The number of benzene rings is 1. The number of ether oxygens (including phenoxy) is 2. The normalized spacial score (nSPS) is 12.5. The second kappa shape index (κ2) is 7.17. The number of esters is 1. The predicted molar refractivity (Wildman–Crippen MR) is 71.4 cm³/mol. The largest absolute Gasteiger partial charge is 0.469 e. The van der Waals surface area contributed by atoms with Crippen LogP contribution in [0.5, 0.6) is 0 Å². The Hall–Kier alpha value is -1.35. The molecule has 0 amide bonds. The second-order valence-electron chi connectivity index (χ2n) is 4.86. The lowest BCUT2D eigenvalue weighted by atomic mass is 10.1. The van der Waals surface area contributed by atoms with Crippen LogP contribution >= 0.6 is 0 Å². The minimum atomic E-state index is -0.216. The van der Waals surface area contributed by atoms with Gasteiger partial charge in [0.2, 0.25) is 0 Å². The summed E-state index contributed by atoms with van der Waals surface area (Å²) in [5, 5.41) is 0. The van der Waals surface area contributed by atoms with Crippen LogP contribution in [0.25, 0.3) is 0 Å². The summed E-state index contributed by atoms with van der Waals surface area (Å²) in [6.45, 7) is 7.06. The molecular formula is C15H22O3. The molecule has 0 fully saturated rings. The van der Waals surface area contributed by atoms with E-state index in [1.165, 1.54) is 7.11 Å². The number of carbonyl (C=O) groups excluding carboxylic acids is 1. The van der Waals surface area contributed by atoms with Crippen molar-refractivity contribution in [2.45, 2.75) is 33.3 Å². The average molecular weight is 250 g/mol. The van der Waals surface area contributed by atoms with Crippen LogP contribution in [0, 0.1) is 5.92 Å². The van der Waals surface area contributed by atoms with Crippen LogP contribution in [0.1, 0.15) is 38.0 Å². The highest BCUT2D eigenvalue weighted by molar-refractivity contribution is 5.72. The maximum absolute atomic E-state index is 11.1. The van der Waals surface area contributed by atoms with Crippen LogP contribution in [0.15, 0.2) is 24.3 Å². The van der Waals surface area contributed by atoms with E-state index in [-0.39, 0.29) is 12.1 Å². The number of methoxy groups -OCH3 is 1. The van der Waals surface area contributed by atoms with Gasteiger partial charge in [-0.1, -0.05) is 38.1 Å². The van der Waals surface area contributed by atoms with Crippen molar-refractivity contribution in [3.8, 4) is 0 Å². The van der Waals surface area contributed by atoms with Gasteiger partial charge in [0, 0.05) is 6.61 Å². The fraction of sp³-hybridized carbons (Fsp3) is 0.533. The fourth-order valence-corrected chi connectivity index (χ4v) is 1.58. The first-order valence-electron chi connectivity index (χ1n) is 6.30. The summed E-state index contributed by atoms with van der Waals surface area (Å²) in [5.41, 5.74) is 2.09. The van der Waals surface area contributed by atoms with Gasteiger partial charge in [0.15, 0.2) is 0 Å². The Kier molecular flexibility index (Phi) is 5.86. The van der Waals surface area contributed by atoms with E-state index < -0.39 is 0 Å². The van der Waals surface area contributed by atoms with Crippen LogP contribution < -0.4 is 0 Å². The molecule has 0 bridgehead atoms. The molecule has 0 unspecified atom stereocenters. The predicted octanol–water partition coefficient (Wildman–Crippen LogP) is 3.14. The smallest absolute Gasteiger partial charge is 0.309 e. The lowest BCUT2D eigenvalue weighted by molar-refractivity contribution is -0.139. The third-order valence-electron chi connectivity index (χ3n) is 2.70. The summed E-state index contributed by atoms with van der Waals surface area (Å²) in [7, 11) is 1.40. The van der Waals surface area contributed by atoms with Gasteiger partial charge in [-0.3, -0.25) is 4.79 Å². The number of rotatable bonds is 6. The van der Waals surface area contributed by atoms with Gasteiger partial charge in [-0.2, -0.15) is 0 Å². The molecule has 0 radical (unpaired) electrons. The Morgan fingerprint density at radius 3 is 2.28 bits per heavy atom. The Morgan fingerprint density at radius 1 is 1.17 bits per heavy atom. The van der Waals surface area contributed by atoms with Gasteiger partial charge in [-0.15, -0.1) is 0 Å². The molecule has 18 heavy (non-hydrogen) atoms. The van der Waals surface area contributed by atoms with Crippen molar-refractivity contribution in [3.05, 3.63) is 35.4 Å². The molecule has 0 aliphatic rings. The molecule has 1 rings (SSSR count). The Labute approximate surface area is 109 Å². The lowest BCUT2D eigenvalue weighted by Crippen LogP contribution is -2.07. The molecule has 0 saturated heterocycles. The summed E-state index contributed by atoms with van der Waals surface area (Å²) < 4.78 is 10.4. The van der Waals surface area contributed by atoms with Crippen molar-refractivity contribution in [1.82, 2.24) is 0 Å². The summed E-state index contributed by atoms with van der Waals surface area (Å²) in [6, 6.07) is 7.90. The van der Waals surface area contributed by atoms with Crippen molar-refractivity contribution >= 4 is 5.97 Å². The summed E-state index contributed by atoms with van der Waals surface area (Å²) in [4.78, 5) is 11.1. The molecular weight excluding hydrogens is 228 g/mol. The quantitative estimate of drug-likeness (QED) is 0.728. The van der Waals surface area contributed by atoms with Crippen molar-refractivity contribution < 1.29 is 14.3 Å². The molecule has 0 saturated carbocycles. The zero-order valence-electron chi connectivity index (χ0n) is 11.6. The number of carbonyl (C=O) groups is 1. The highest BCUT2D eigenvalue weighted by atomic mass is 16.5. The first-order chi connectivity index (χ1) is 8.52. The van der Waals surface area contributed by atoms with Crippen LogP contribution in [-0.4, -0.2) is 19.7 Å². The van der Waals surface area contributed by atoms with Gasteiger partial charge in [-0.25, -0.2) is 0 Å². The Balaban J connectivity index is 2.56. The van der Waals surface area contributed by atoms with Crippen LogP contribution in [0.4, 0.5) is 0 Å². The van der Waals surface area contributed by atoms with Crippen LogP contribution in [-0.2, 0) is 20.7 Å². The summed E-state index contributed by atoms with van der Waals surface area (Å²) in [5.74, 6) is 0.318. The molecule has 0 aliphatic heterocycles. The zero-order chi connectivity index (χ0) is 13.5. The molecule has 1 aromatic carbocycles. The van der Waals surface area contributed by atoms with Gasteiger partial charge in [-0.05, 0) is 24.0 Å². The highest BCUT2D eigenvalue weighted by Crippen LogP contribution is 2.18. The molecule has 0 aromatic heterocycles. The van der Waals surface area contributed by atoms with E-state index in [0.717, 1.165) is 17.7 Å². The van der Waals surface area contributed by atoms with Gasteiger partial charge < -0.3 is 9.47 Å². The molecule has 100 valence electrons. The van der Waals surface area contributed by atoms with Gasteiger partial charge in [0.1, 0.15) is 0 Å². The third-order valence-corrected chi connectivity index (χ3v) is 2.70. The van der Waals surface area contributed by atoms with Gasteiger partial charge in [0.05, 0.1) is 19.6 Å². The minimum absolute atomic E-state index is 0.0829. The molecule has 0 aliphatic carbocycles. The minimum Gasteiger partial charge on any atom is -0.469 e. The van der Waals surface area contributed by atoms with Crippen molar-refractivity contribution in [1.29, 1.82) is 0 Å². The lowest BCUT2D eigenvalue weighted by Gasteiger charge is -2.15. The third kappa shape index (κ3) is 4.88. The van der Waals surface area contributed by atoms with Crippen molar-refractivity contribution in [3.63, 3.8) is 0 Å². The van der Waals surface area contributed by atoms with Crippen LogP contribution in [0.2, 0.25) is 0 Å². The SMILES string of the molecule is COC(=O)Cc1ccc([C@H](C)OCC(C)C)cc1. The molecule has 0 spiro atoms. The van der Waals surface area contributed by atoms with E-state index in [0.29, 0.717) is 12.3 Å². The summed E-state index contributed by atoms with van der Waals surface area (Å²) >= 11 is 0.